The van der Waals surface area contributed by atoms with Crippen LogP contribution in [0.1, 0.15) is 5.69 Å². The van der Waals surface area contributed by atoms with Crippen LogP contribution in [0.4, 0.5) is 0 Å². The second-order valence-electron chi connectivity index (χ2n) is 3.27. The zero-order valence-electron chi connectivity index (χ0n) is 8.07. The summed E-state index contributed by atoms with van der Waals surface area (Å²) in [6.07, 6.45) is 0. The summed E-state index contributed by atoms with van der Waals surface area (Å²) >= 11 is 3.43. The molecule has 1 aromatic heterocycles. The van der Waals surface area contributed by atoms with Crippen LogP contribution in [0.5, 0.6) is 0 Å². The van der Waals surface area contributed by atoms with Crippen LogP contribution in [0.3, 0.4) is 0 Å². The summed E-state index contributed by atoms with van der Waals surface area (Å²) in [5, 5.41) is 13.9. The summed E-state index contributed by atoms with van der Waals surface area (Å²) in [7, 11) is 0. The molecule has 0 radical (unpaired) electrons. The highest BCUT2D eigenvalue weighted by molar-refractivity contribution is 9.10. The molecule has 0 atom stereocenters. The van der Waals surface area contributed by atoms with Crippen molar-refractivity contribution >= 4 is 32.8 Å². The molecule has 0 aliphatic heterocycles. The lowest BCUT2D eigenvalue weighted by molar-refractivity contribution is -0.137. The minimum Gasteiger partial charge on any atom is -0.480 e. The SMILES string of the molecule is Cc1c2c(Br)cccc2nn1CC(=O)O. The summed E-state index contributed by atoms with van der Waals surface area (Å²) in [6, 6.07) is 5.66. The van der Waals surface area contributed by atoms with E-state index in [0.717, 1.165) is 21.1 Å². The van der Waals surface area contributed by atoms with Crippen LogP contribution in [0, 0.1) is 6.92 Å². The Morgan fingerprint density at radius 1 is 1.60 bits per heavy atom. The number of aromatic nitrogens is 2. The average molecular weight is 269 g/mol. The van der Waals surface area contributed by atoms with E-state index in [1.165, 1.54) is 4.68 Å². The quantitative estimate of drug-likeness (QED) is 0.909. The number of aliphatic carboxylic acids is 1. The monoisotopic (exact) mass is 268 g/mol. The molecule has 0 aliphatic carbocycles. The molecular formula is C10H9BrN2O2. The number of benzene rings is 1. The van der Waals surface area contributed by atoms with Crippen LogP contribution in [0.15, 0.2) is 22.7 Å². The Bertz CT molecular complexity index is 533. The molecule has 1 N–H and O–H groups in total. The molecule has 0 spiro atoms. The van der Waals surface area contributed by atoms with E-state index in [4.69, 9.17) is 5.11 Å². The molecule has 1 aromatic carbocycles. The number of hydrogen-bond acceptors (Lipinski definition) is 2. The first-order valence-electron chi connectivity index (χ1n) is 4.43. The number of carboxylic acids is 1. The molecule has 1 heterocycles. The van der Waals surface area contributed by atoms with Crippen LogP contribution in [0.25, 0.3) is 10.9 Å². The maximum absolute atomic E-state index is 10.6. The molecule has 0 bridgehead atoms. The molecule has 0 fully saturated rings. The lowest BCUT2D eigenvalue weighted by Gasteiger charge is -1.99. The lowest BCUT2D eigenvalue weighted by Crippen LogP contribution is -2.11. The van der Waals surface area contributed by atoms with Crippen molar-refractivity contribution in [2.45, 2.75) is 13.5 Å². The van der Waals surface area contributed by atoms with Gasteiger partial charge in [0.05, 0.1) is 5.52 Å². The molecule has 0 saturated heterocycles. The standard InChI is InChI=1S/C10H9BrN2O2/c1-6-10-7(11)3-2-4-8(10)12-13(6)5-9(14)15/h2-4H,5H2,1H3,(H,14,15). The molecule has 78 valence electrons. The van der Waals surface area contributed by atoms with Gasteiger partial charge < -0.3 is 5.11 Å². The number of carboxylic acid groups (broad SMARTS) is 1. The van der Waals surface area contributed by atoms with Gasteiger partial charge in [0.1, 0.15) is 6.54 Å². The van der Waals surface area contributed by atoms with Crippen molar-refractivity contribution in [3.63, 3.8) is 0 Å². The molecule has 4 nitrogen and oxygen atoms in total. The fourth-order valence-electron chi connectivity index (χ4n) is 1.57. The number of fused-ring (bicyclic) bond motifs is 1. The van der Waals surface area contributed by atoms with Gasteiger partial charge in [-0.05, 0) is 19.1 Å². The Morgan fingerprint density at radius 2 is 2.33 bits per heavy atom. The Kier molecular flexibility index (Phi) is 2.48. The molecular weight excluding hydrogens is 260 g/mol. The van der Waals surface area contributed by atoms with Crippen molar-refractivity contribution < 1.29 is 9.90 Å². The van der Waals surface area contributed by atoms with E-state index < -0.39 is 5.97 Å². The summed E-state index contributed by atoms with van der Waals surface area (Å²) < 4.78 is 2.44. The van der Waals surface area contributed by atoms with Crippen molar-refractivity contribution in [1.82, 2.24) is 9.78 Å². The Labute approximate surface area is 94.6 Å². The third-order valence-electron chi connectivity index (χ3n) is 2.25. The molecule has 2 rings (SSSR count). The predicted molar refractivity (Wildman–Crippen MR) is 59.8 cm³/mol. The number of halogens is 1. The van der Waals surface area contributed by atoms with Gasteiger partial charge >= 0.3 is 5.97 Å². The number of carbonyl (C=O) groups is 1. The van der Waals surface area contributed by atoms with Crippen LogP contribution >= 0.6 is 15.9 Å². The van der Waals surface area contributed by atoms with E-state index in [2.05, 4.69) is 21.0 Å². The highest BCUT2D eigenvalue weighted by Gasteiger charge is 2.11. The van der Waals surface area contributed by atoms with Gasteiger partial charge in [0.25, 0.3) is 0 Å². The van der Waals surface area contributed by atoms with Gasteiger partial charge in [-0.2, -0.15) is 5.10 Å². The van der Waals surface area contributed by atoms with Crippen LogP contribution in [-0.2, 0) is 11.3 Å². The summed E-state index contributed by atoms with van der Waals surface area (Å²) in [6.45, 7) is 1.76. The highest BCUT2D eigenvalue weighted by Crippen LogP contribution is 2.26. The summed E-state index contributed by atoms with van der Waals surface area (Å²) in [4.78, 5) is 10.6. The summed E-state index contributed by atoms with van der Waals surface area (Å²) in [5.41, 5.74) is 1.67. The molecule has 5 heteroatoms. The van der Waals surface area contributed by atoms with E-state index in [1.807, 2.05) is 25.1 Å². The van der Waals surface area contributed by atoms with Crippen LogP contribution < -0.4 is 0 Å². The zero-order valence-corrected chi connectivity index (χ0v) is 9.65. The third-order valence-corrected chi connectivity index (χ3v) is 2.91. The van der Waals surface area contributed by atoms with Gasteiger partial charge in [0, 0.05) is 15.6 Å². The van der Waals surface area contributed by atoms with Crippen molar-refractivity contribution in [3.8, 4) is 0 Å². The number of nitrogens with zero attached hydrogens (tertiary/aromatic N) is 2. The first-order valence-corrected chi connectivity index (χ1v) is 5.22. The fourth-order valence-corrected chi connectivity index (χ4v) is 2.21. The fraction of sp³-hybridized carbons (Fsp3) is 0.200. The van der Waals surface area contributed by atoms with Crippen molar-refractivity contribution in [2.75, 3.05) is 0 Å². The molecule has 0 aliphatic rings. The van der Waals surface area contributed by atoms with Crippen LogP contribution in [0.2, 0.25) is 0 Å². The van der Waals surface area contributed by atoms with Gasteiger partial charge in [0.2, 0.25) is 0 Å². The number of hydrogen-bond donors (Lipinski definition) is 1. The topological polar surface area (TPSA) is 55.1 Å². The minimum atomic E-state index is -0.887. The smallest absolute Gasteiger partial charge is 0.325 e. The molecule has 15 heavy (non-hydrogen) atoms. The van der Waals surface area contributed by atoms with Crippen LogP contribution in [-0.4, -0.2) is 20.9 Å². The molecule has 0 unspecified atom stereocenters. The van der Waals surface area contributed by atoms with Crippen molar-refractivity contribution in [2.24, 2.45) is 0 Å². The van der Waals surface area contributed by atoms with Gasteiger partial charge in [-0.15, -0.1) is 0 Å². The molecule has 2 aromatic rings. The van der Waals surface area contributed by atoms with E-state index in [-0.39, 0.29) is 6.54 Å². The van der Waals surface area contributed by atoms with Gasteiger partial charge in [-0.3, -0.25) is 9.48 Å². The maximum atomic E-state index is 10.6. The van der Waals surface area contributed by atoms with Gasteiger partial charge in [-0.25, -0.2) is 0 Å². The van der Waals surface area contributed by atoms with Gasteiger partial charge in [-0.1, -0.05) is 22.0 Å². The van der Waals surface area contributed by atoms with E-state index >= 15 is 0 Å². The van der Waals surface area contributed by atoms with Gasteiger partial charge in [0.15, 0.2) is 0 Å². The second kappa shape index (κ2) is 3.66. The lowest BCUT2D eigenvalue weighted by atomic mass is 10.2. The molecule has 0 saturated carbocycles. The van der Waals surface area contributed by atoms with E-state index in [1.54, 1.807) is 0 Å². The highest BCUT2D eigenvalue weighted by atomic mass is 79.9. The number of rotatable bonds is 2. The third kappa shape index (κ3) is 1.74. The minimum absolute atomic E-state index is 0.104. The number of aryl methyl sites for hydroxylation is 1. The van der Waals surface area contributed by atoms with Crippen molar-refractivity contribution in [3.05, 3.63) is 28.4 Å². The Hall–Kier alpha value is -1.36. The Morgan fingerprint density at radius 3 is 2.93 bits per heavy atom. The molecule has 0 amide bonds. The average Bonchev–Trinajstić information content (AvgIpc) is 2.44. The normalized spacial score (nSPS) is 10.8. The maximum Gasteiger partial charge on any atom is 0.325 e. The second-order valence-corrected chi connectivity index (χ2v) is 4.13. The zero-order chi connectivity index (χ0) is 11.0. The summed E-state index contributed by atoms with van der Waals surface area (Å²) in [5.74, 6) is -0.887. The first-order chi connectivity index (χ1) is 7.09. The largest absolute Gasteiger partial charge is 0.480 e. The predicted octanol–water partition coefficient (Wildman–Crippen LogP) is 2.19. The van der Waals surface area contributed by atoms with Crippen molar-refractivity contribution in [1.29, 1.82) is 0 Å². The first kappa shape index (κ1) is 10.2. The van der Waals surface area contributed by atoms with E-state index in [0.29, 0.717) is 0 Å². The van der Waals surface area contributed by atoms with E-state index in [9.17, 15) is 4.79 Å². The Balaban J connectivity index is 2.64.